The first kappa shape index (κ1) is 18.2. The zero-order valence-corrected chi connectivity index (χ0v) is 15.3. The third kappa shape index (κ3) is 4.94. The second-order valence-electron chi connectivity index (χ2n) is 5.52. The van der Waals surface area contributed by atoms with E-state index in [-0.39, 0.29) is 11.6 Å². The summed E-state index contributed by atoms with van der Waals surface area (Å²) >= 11 is 12.0. The van der Waals surface area contributed by atoms with E-state index in [1.165, 1.54) is 12.4 Å². The molecule has 2 N–H and O–H groups in total. The molecule has 1 heterocycles. The van der Waals surface area contributed by atoms with Gasteiger partial charge < -0.3 is 10.6 Å². The third-order valence-electron chi connectivity index (χ3n) is 3.63. The van der Waals surface area contributed by atoms with Crippen LogP contribution >= 0.6 is 23.2 Å². The SMILES string of the molecule is O=C(Nc1ccccc1)c1cnc(NCCc2ccc(Cl)cc2Cl)cn1. The van der Waals surface area contributed by atoms with Gasteiger partial charge in [0.05, 0.1) is 12.4 Å². The molecule has 5 nitrogen and oxygen atoms in total. The summed E-state index contributed by atoms with van der Waals surface area (Å²) in [6, 6.07) is 14.6. The van der Waals surface area contributed by atoms with E-state index in [4.69, 9.17) is 23.2 Å². The van der Waals surface area contributed by atoms with Crippen molar-refractivity contribution in [3.05, 3.63) is 82.2 Å². The number of nitrogens with one attached hydrogen (secondary N) is 2. The van der Waals surface area contributed by atoms with Gasteiger partial charge in [-0.25, -0.2) is 9.97 Å². The molecule has 3 aromatic rings. The van der Waals surface area contributed by atoms with Crippen molar-refractivity contribution in [1.29, 1.82) is 0 Å². The molecule has 3 rings (SSSR count). The maximum absolute atomic E-state index is 12.1. The van der Waals surface area contributed by atoms with Gasteiger partial charge in [-0.05, 0) is 36.2 Å². The Balaban J connectivity index is 1.53. The summed E-state index contributed by atoms with van der Waals surface area (Å²) in [4.78, 5) is 20.5. The fraction of sp³-hybridized carbons (Fsp3) is 0.105. The van der Waals surface area contributed by atoms with Gasteiger partial charge in [-0.2, -0.15) is 0 Å². The van der Waals surface area contributed by atoms with Gasteiger partial charge in [-0.15, -0.1) is 0 Å². The standard InChI is InChI=1S/C19H16Cl2N4O/c20-14-7-6-13(16(21)10-14)8-9-22-18-12-23-17(11-24-18)19(26)25-15-4-2-1-3-5-15/h1-7,10-12H,8-9H2,(H,22,24)(H,25,26). The van der Waals surface area contributed by atoms with Crippen molar-refractivity contribution in [3.8, 4) is 0 Å². The highest BCUT2D eigenvalue weighted by Crippen LogP contribution is 2.21. The summed E-state index contributed by atoms with van der Waals surface area (Å²) in [6.45, 7) is 0.631. The molecule has 0 saturated carbocycles. The Kier molecular flexibility index (Phi) is 6.04. The van der Waals surface area contributed by atoms with Crippen LogP contribution in [0.3, 0.4) is 0 Å². The lowest BCUT2D eigenvalue weighted by Crippen LogP contribution is -2.14. The first-order chi connectivity index (χ1) is 12.6. The Morgan fingerprint density at radius 3 is 2.50 bits per heavy atom. The van der Waals surface area contributed by atoms with Crippen LogP contribution in [0.25, 0.3) is 0 Å². The molecule has 0 atom stereocenters. The number of halogens is 2. The van der Waals surface area contributed by atoms with Gasteiger partial charge in [0.15, 0.2) is 0 Å². The first-order valence-electron chi connectivity index (χ1n) is 7.98. The zero-order valence-electron chi connectivity index (χ0n) is 13.7. The smallest absolute Gasteiger partial charge is 0.275 e. The van der Waals surface area contributed by atoms with Crippen LogP contribution in [-0.4, -0.2) is 22.4 Å². The molecule has 26 heavy (non-hydrogen) atoms. The van der Waals surface area contributed by atoms with E-state index in [1.54, 1.807) is 6.07 Å². The van der Waals surface area contributed by atoms with Crippen molar-refractivity contribution in [2.45, 2.75) is 6.42 Å². The molecule has 2 aromatic carbocycles. The van der Waals surface area contributed by atoms with Crippen LogP contribution in [0.15, 0.2) is 60.9 Å². The summed E-state index contributed by atoms with van der Waals surface area (Å²) in [7, 11) is 0. The minimum atomic E-state index is -0.303. The summed E-state index contributed by atoms with van der Waals surface area (Å²) in [5.74, 6) is 0.287. The Bertz CT molecular complexity index is 886. The predicted octanol–water partition coefficient (Wildman–Crippen LogP) is 4.69. The lowest BCUT2D eigenvalue weighted by atomic mass is 10.1. The maximum Gasteiger partial charge on any atom is 0.275 e. The molecule has 0 aliphatic rings. The molecular weight excluding hydrogens is 371 g/mol. The molecule has 0 fully saturated rings. The Hall–Kier alpha value is -2.63. The number of para-hydroxylation sites is 1. The van der Waals surface area contributed by atoms with E-state index in [2.05, 4.69) is 20.6 Å². The van der Waals surface area contributed by atoms with E-state index < -0.39 is 0 Å². The fourth-order valence-corrected chi connectivity index (χ4v) is 2.81. The molecule has 0 unspecified atom stereocenters. The molecule has 0 aliphatic carbocycles. The summed E-state index contributed by atoms with van der Waals surface area (Å²) in [6.07, 6.45) is 3.69. The third-order valence-corrected chi connectivity index (χ3v) is 4.22. The molecule has 1 amide bonds. The average molecular weight is 387 g/mol. The van der Waals surface area contributed by atoms with Gasteiger partial charge >= 0.3 is 0 Å². The van der Waals surface area contributed by atoms with Gasteiger partial charge in [0, 0.05) is 22.3 Å². The summed E-state index contributed by atoms with van der Waals surface area (Å²) < 4.78 is 0. The van der Waals surface area contributed by atoms with Crippen molar-refractivity contribution in [3.63, 3.8) is 0 Å². The zero-order chi connectivity index (χ0) is 18.4. The number of aromatic nitrogens is 2. The number of carbonyl (C=O) groups is 1. The van der Waals surface area contributed by atoms with Gasteiger partial charge in [-0.3, -0.25) is 4.79 Å². The quantitative estimate of drug-likeness (QED) is 0.644. The van der Waals surface area contributed by atoms with Gasteiger partial charge in [0.1, 0.15) is 11.5 Å². The number of benzene rings is 2. The second-order valence-corrected chi connectivity index (χ2v) is 6.36. The van der Waals surface area contributed by atoms with Gasteiger partial charge in [0.25, 0.3) is 5.91 Å². The largest absolute Gasteiger partial charge is 0.368 e. The van der Waals surface area contributed by atoms with Crippen LogP contribution in [0.2, 0.25) is 10.0 Å². The normalized spacial score (nSPS) is 10.4. The van der Waals surface area contributed by atoms with Crippen molar-refractivity contribution in [1.82, 2.24) is 9.97 Å². The molecule has 0 radical (unpaired) electrons. The van der Waals surface area contributed by atoms with Crippen molar-refractivity contribution >= 4 is 40.6 Å². The lowest BCUT2D eigenvalue weighted by molar-refractivity contribution is 0.102. The molecule has 7 heteroatoms. The van der Waals surface area contributed by atoms with Gasteiger partial charge in [-0.1, -0.05) is 47.5 Å². The Labute approximate surface area is 161 Å². The van der Waals surface area contributed by atoms with E-state index in [9.17, 15) is 4.79 Å². The molecule has 0 bridgehead atoms. The predicted molar refractivity (Wildman–Crippen MR) is 105 cm³/mol. The van der Waals surface area contributed by atoms with Crippen LogP contribution < -0.4 is 10.6 Å². The second kappa shape index (κ2) is 8.65. The number of hydrogen-bond acceptors (Lipinski definition) is 4. The van der Waals surface area contributed by atoms with Gasteiger partial charge in [0.2, 0.25) is 0 Å². The number of hydrogen-bond donors (Lipinski definition) is 2. The minimum absolute atomic E-state index is 0.250. The first-order valence-corrected chi connectivity index (χ1v) is 8.73. The number of nitrogens with zero attached hydrogens (tertiary/aromatic N) is 2. The number of rotatable bonds is 6. The van der Waals surface area contributed by atoms with Crippen molar-refractivity contribution in [2.24, 2.45) is 0 Å². The summed E-state index contributed by atoms with van der Waals surface area (Å²) in [5.41, 5.74) is 1.96. The molecule has 1 aromatic heterocycles. The van der Waals surface area contributed by atoms with Crippen molar-refractivity contribution < 1.29 is 4.79 Å². The Morgan fingerprint density at radius 2 is 1.81 bits per heavy atom. The van der Waals surface area contributed by atoms with Crippen molar-refractivity contribution in [2.75, 3.05) is 17.2 Å². The van der Waals surface area contributed by atoms with E-state index in [1.807, 2.05) is 42.5 Å². The highest BCUT2D eigenvalue weighted by atomic mass is 35.5. The highest BCUT2D eigenvalue weighted by molar-refractivity contribution is 6.35. The molecule has 0 aliphatic heterocycles. The number of anilines is 2. The van der Waals surface area contributed by atoms with Crippen LogP contribution in [0.5, 0.6) is 0 Å². The average Bonchev–Trinajstić information content (AvgIpc) is 2.65. The highest BCUT2D eigenvalue weighted by Gasteiger charge is 2.08. The maximum atomic E-state index is 12.1. The molecular formula is C19H16Cl2N4O. The number of carbonyl (C=O) groups excluding carboxylic acids is 1. The Morgan fingerprint density at radius 1 is 1.00 bits per heavy atom. The van der Waals surface area contributed by atoms with Crippen LogP contribution in [0.4, 0.5) is 11.5 Å². The van der Waals surface area contributed by atoms with Crippen LogP contribution in [0.1, 0.15) is 16.1 Å². The van der Waals surface area contributed by atoms with E-state index in [0.29, 0.717) is 34.5 Å². The van der Waals surface area contributed by atoms with Crippen LogP contribution in [0, 0.1) is 0 Å². The van der Waals surface area contributed by atoms with E-state index >= 15 is 0 Å². The molecule has 0 saturated heterocycles. The van der Waals surface area contributed by atoms with Crippen LogP contribution in [-0.2, 0) is 6.42 Å². The summed E-state index contributed by atoms with van der Waals surface area (Å²) in [5, 5.41) is 7.17. The molecule has 0 spiro atoms. The molecule has 132 valence electrons. The fourth-order valence-electron chi connectivity index (χ4n) is 2.30. The topological polar surface area (TPSA) is 66.9 Å². The minimum Gasteiger partial charge on any atom is -0.368 e. The monoisotopic (exact) mass is 386 g/mol. The van der Waals surface area contributed by atoms with E-state index in [0.717, 1.165) is 5.56 Å². The number of amides is 1. The lowest BCUT2D eigenvalue weighted by Gasteiger charge is -2.08.